The van der Waals surface area contributed by atoms with E-state index in [-0.39, 0.29) is 12.5 Å². The fourth-order valence-electron chi connectivity index (χ4n) is 12.0. The van der Waals surface area contributed by atoms with E-state index in [4.69, 9.17) is 0 Å². The van der Waals surface area contributed by atoms with Crippen molar-refractivity contribution in [1.82, 2.24) is 5.32 Å². The maximum atomic E-state index is 12.6. The summed E-state index contributed by atoms with van der Waals surface area (Å²) >= 11 is 0. The van der Waals surface area contributed by atoms with Crippen LogP contribution in [0.2, 0.25) is 0 Å². The van der Waals surface area contributed by atoms with E-state index in [2.05, 4.69) is 19.2 Å². The zero-order chi connectivity index (χ0) is 54.1. The van der Waals surface area contributed by atoms with Crippen LogP contribution >= 0.6 is 0 Å². The fraction of sp³-hybridized carbons (Fsp3) is 0.986. The van der Waals surface area contributed by atoms with Crippen molar-refractivity contribution < 1.29 is 15.0 Å². The molecule has 0 aliphatic carbocycles. The van der Waals surface area contributed by atoms with Gasteiger partial charge in [0.2, 0.25) is 5.91 Å². The van der Waals surface area contributed by atoms with E-state index in [0.29, 0.717) is 12.8 Å². The minimum absolute atomic E-state index is 0.0195. The molecular weight excluding hydrogens is 915 g/mol. The standard InChI is InChI=1S/C71H143NO3/c1-3-5-7-9-11-13-15-17-19-21-23-25-27-28-29-30-31-32-33-34-35-36-37-38-39-40-41-42-43-44-45-47-49-51-53-55-57-59-61-63-65-67-71(75)72-69(68-73)70(74)66-64-62-60-58-56-54-52-50-48-46-26-24-22-20-18-16-14-12-10-8-6-4-2/h69-70,73-74H,3-68H2,1-2H3,(H,72,75). The minimum Gasteiger partial charge on any atom is -0.394 e. The molecule has 0 aromatic rings. The number of hydrogen-bond donors (Lipinski definition) is 3. The summed E-state index contributed by atoms with van der Waals surface area (Å²) in [4.78, 5) is 12.6. The molecule has 450 valence electrons. The van der Waals surface area contributed by atoms with Gasteiger partial charge in [0.05, 0.1) is 18.8 Å². The predicted octanol–water partition coefficient (Wildman–Crippen LogP) is 24.2. The molecule has 2 unspecified atom stereocenters. The lowest BCUT2D eigenvalue weighted by Gasteiger charge is -2.22. The number of carbonyl (C=O) groups excluding carboxylic acids is 1. The Morgan fingerprint density at radius 3 is 0.600 bits per heavy atom. The van der Waals surface area contributed by atoms with Crippen molar-refractivity contribution in [3.05, 3.63) is 0 Å². The van der Waals surface area contributed by atoms with Crippen molar-refractivity contribution in [3.8, 4) is 0 Å². The Kier molecular flexibility index (Phi) is 67.1. The van der Waals surface area contributed by atoms with Gasteiger partial charge in [-0.25, -0.2) is 0 Å². The molecule has 0 saturated heterocycles. The van der Waals surface area contributed by atoms with Gasteiger partial charge < -0.3 is 15.5 Å². The van der Waals surface area contributed by atoms with Crippen LogP contribution in [-0.2, 0) is 4.79 Å². The molecule has 1 amide bonds. The number of nitrogens with one attached hydrogen (secondary N) is 1. The van der Waals surface area contributed by atoms with Gasteiger partial charge in [-0.15, -0.1) is 0 Å². The number of rotatable bonds is 68. The van der Waals surface area contributed by atoms with Crippen molar-refractivity contribution >= 4 is 5.91 Å². The SMILES string of the molecule is CCCCCCCCCCCCCCCCCCCCCCCCCCCCCCCCCCCCCCCCCCCC(=O)NC(CO)C(O)CCCCCCCCCCCCCCCCCCCCCCCC. The zero-order valence-corrected chi connectivity index (χ0v) is 52.1. The Morgan fingerprint density at radius 1 is 0.267 bits per heavy atom. The van der Waals surface area contributed by atoms with E-state index in [9.17, 15) is 15.0 Å². The smallest absolute Gasteiger partial charge is 0.220 e. The summed E-state index contributed by atoms with van der Waals surface area (Å²) in [7, 11) is 0. The molecule has 0 saturated carbocycles. The third-order valence-electron chi connectivity index (χ3n) is 17.4. The number of carbonyl (C=O) groups is 1. The van der Waals surface area contributed by atoms with Gasteiger partial charge in [-0.3, -0.25) is 4.79 Å². The molecule has 0 aliphatic rings. The van der Waals surface area contributed by atoms with E-state index < -0.39 is 12.1 Å². The average molecular weight is 1060 g/mol. The highest BCUT2D eigenvalue weighted by molar-refractivity contribution is 5.76. The van der Waals surface area contributed by atoms with Crippen LogP contribution in [0, 0.1) is 0 Å². The third kappa shape index (κ3) is 64.1. The highest BCUT2D eigenvalue weighted by Gasteiger charge is 2.20. The molecule has 0 aliphatic heterocycles. The number of aliphatic hydroxyl groups is 2. The molecule has 2 atom stereocenters. The van der Waals surface area contributed by atoms with Crippen LogP contribution in [0.3, 0.4) is 0 Å². The van der Waals surface area contributed by atoms with Gasteiger partial charge in [0.1, 0.15) is 0 Å². The summed E-state index contributed by atoms with van der Waals surface area (Å²) in [6, 6.07) is -0.532. The highest BCUT2D eigenvalue weighted by Crippen LogP contribution is 2.20. The highest BCUT2D eigenvalue weighted by atomic mass is 16.3. The maximum Gasteiger partial charge on any atom is 0.220 e. The summed E-state index contributed by atoms with van der Waals surface area (Å²) in [5.74, 6) is -0.0195. The van der Waals surface area contributed by atoms with Crippen molar-refractivity contribution in [2.45, 2.75) is 443 Å². The van der Waals surface area contributed by atoms with Gasteiger partial charge >= 0.3 is 0 Å². The topological polar surface area (TPSA) is 69.6 Å². The van der Waals surface area contributed by atoms with E-state index >= 15 is 0 Å². The van der Waals surface area contributed by atoms with E-state index in [1.807, 2.05) is 0 Å². The molecule has 0 radical (unpaired) electrons. The van der Waals surface area contributed by atoms with Gasteiger partial charge in [0.25, 0.3) is 0 Å². The number of hydrogen-bond acceptors (Lipinski definition) is 3. The van der Waals surface area contributed by atoms with Crippen molar-refractivity contribution in [1.29, 1.82) is 0 Å². The van der Waals surface area contributed by atoms with Gasteiger partial charge in [-0.1, -0.05) is 412 Å². The van der Waals surface area contributed by atoms with Crippen LogP contribution in [0.5, 0.6) is 0 Å². The number of aliphatic hydroxyl groups excluding tert-OH is 2. The van der Waals surface area contributed by atoms with Gasteiger partial charge in [-0.2, -0.15) is 0 Å². The molecule has 0 bridgehead atoms. The molecule has 4 heteroatoms. The first-order chi connectivity index (χ1) is 37.2. The van der Waals surface area contributed by atoms with Crippen LogP contribution in [0.25, 0.3) is 0 Å². The molecule has 3 N–H and O–H groups in total. The first kappa shape index (κ1) is 74.4. The average Bonchev–Trinajstić information content (AvgIpc) is 3.41. The van der Waals surface area contributed by atoms with Crippen molar-refractivity contribution in [3.63, 3.8) is 0 Å². The van der Waals surface area contributed by atoms with Crippen LogP contribution in [0.15, 0.2) is 0 Å². The largest absolute Gasteiger partial charge is 0.394 e. The lowest BCUT2D eigenvalue weighted by Crippen LogP contribution is -2.45. The zero-order valence-electron chi connectivity index (χ0n) is 52.1. The quantitative estimate of drug-likeness (QED) is 0.0532. The summed E-state index contributed by atoms with van der Waals surface area (Å²) < 4.78 is 0. The van der Waals surface area contributed by atoms with Crippen LogP contribution in [0.4, 0.5) is 0 Å². The molecule has 0 rings (SSSR count). The Bertz CT molecular complexity index is 1020. The number of unbranched alkanes of at least 4 members (excludes halogenated alkanes) is 61. The monoisotopic (exact) mass is 1060 g/mol. The van der Waals surface area contributed by atoms with Crippen molar-refractivity contribution in [2.75, 3.05) is 6.61 Å². The minimum atomic E-state index is -0.656. The van der Waals surface area contributed by atoms with Crippen LogP contribution in [0.1, 0.15) is 431 Å². The molecule has 0 aromatic carbocycles. The van der Waals surface area contributed by atoms with Gasteiger partial charge in [0, 0.05) is 6.42 Å². The predicted molar refractivity (Wildman–Crippen MR) is 336 cm³/mol. The Balaban J connectivity index is 3.32. The van der Waals surface area contributed by atoms with E-state index in [1.165, 1.54) is 379 Å². The van der Waals surface area contributed by atoms with Crippen molar-refractivity contribution in [2.24, 2.45) is 0 Å². The Labute approximate surface area is 474 Å². The van der Waals surface area contributed by atoms with Gasteiger partial charge in [0.15, 0.2) is 0 Å². The van der Waals surface area contributed by atoms with E-state index in [0.717, 1.165) is 25.7 Å². The third-order valence-corrected chi connectivity index (χ3v) is 17.4. The molecule has 0 aromatic heterocycles. The summed E-state index contributed by atoms with van der Waals surface area (Å²) in [6.45, 7) is 4.42. The maximum absolute atomic E-state index is 12.6. The molecule has 0 spiro atoms. The normalized spacial score (nSPS) is 12.5. The summed E-state index contributed by atoms with van der Waals surface area (Å²) in [5, 5.41) is 23.4. The van der Waals surface area contributed by atoms with Crippen LogP contribution < -0.4 is 5.32 Å². The van der Waals surface area contributed by atoms with Crippen LogP contribution in [-0.4, -0.2) is 34.9 Å². The second-order valence-corrected chi connectivity index (χ2v) is 25.0. The molecule has 0 heterocycles. The first-order valence-electron chi connectivity index (χ1n) is 35.7. The first-order valence-corrected chi connectivity index (χ1v) is 35.7. The molecule has 0 fully saturated rings. The molecular formula is C71H143NO3. The second kappa shape index (κ2) is 67.7. The lowest BCUT2D eigenvalue weighted by molar-refractivity contribution is -0.123. The van der Waals surface area contributed by atoms with E-state index in [1.54, 1.807) is 0 Å². The Hall–Kier alpha value is -0.610. The lowest BCUT2D eigenvalue weighted by atomic mass is 10.0. The molecule has 75 heavy (non-hydrogen) atoms. The van der Waals surface area contributed by atoms with Gasteiger partial charge in [-0.05, 0) is 12.8 Å². The second-order valence-electron chi connectivity index (χ2n) is 25.0. The summed E-state index contributed by atoms with van der Waals surface area (Å²) in [5.41, 5.74) is 0. The molecule has 4 nitrogen and oxygen atoms in total. The number of amides is 1. The summed E-state index contributed by atoms with van der Waals surface area (Å²) in [6.07, 6.45) is 89.0. The fourth-order valence-corrected chi connectivity index (χ4v) is 12.0. The Morgan fingerprint density at radius 2 is 0.427 bits per heavy atom.